The number of rotatable bonds is 4. The lowest BCUT2D eigenvalue weighted by molar-refractivity contribution is -0.122. The molecule has 0 saturated carbocycles. The number of aliphatic imine (C=N–C) groups is 1. The Hall–Kier alpha value is -3.34. The fourth-order valence-corrected chi connectivity index (χ4v) is 3.89. The lowest BCUT2D eigenvalue weighted by Crippen LogP contribution is -2.47. The topological polar surface area (TPSA) is 73.0 Å². The van der Waals surface area contributed by atoms with Gasteiger partial charge in [-0.05, 0) is 29.7 Å². The Morgan fingerprint density at radius 2 is 1.41 bits per heavy atom. The Bertz CT molecular complexity index is 1150. The predicted molar refractivity (Wildman–Crippen MR) is 108 cm³/mol. The van der Waals surface area contributed by atoms with E-state index in [1.165, 1.54) is 10.9 Å². The van der Waals surface area contributed by atoms with Gasteiger partial charge < -0.3 is 15.3 Å². The molecule has 0 aliphatic carbocycles. The lowest BCUT2D eigenvalue weighted by Gasteiger charge is -2.23. The summed E-state index contributed by atoms with van der Waals surface area (Å²) in [5, 5.41) is 5.47. The van der Waals surface area contributed by atoms with Gasteiger partial charge in [-0.15, -0.1) is 0 Å². The number of benzene rings is 2. The van der Waals surface area contributed by atoms with Gasteiger partial charge in [-0.2, -0.15) is 0 Å². The average Bonchev–Trinajstić information content (AvgIpc) is 3.29. The molecule has 2 aromatic heterocycles. The van der Waals surface area contributed by atoms with Crippen molar-refractivity contribution in [2.24, 2.45) is 4.99 Å². The standard InChI is InChI=1S/C22H20N4O/c27-22-21(10-15-12-24-20-8-4-2-6-18(15)20)25-13-16(26-22)9-14-11-23-19-7-3-1-5-17(14)19/h1-8,11-13,16,21,23-24H,9-10H2,(H,26,27). The minimum Gasteiger partial charge on any atom is -0.361 e. The van der Waals surface area contributed by atoms with Crippen LogP contribution in [0, 0.1) is 0 Å². The van der Waals surface area contributed by atoms with Crippen molar-refractivity contribution in [3.05, 3.63) is 72.1 Å². The highest BCUT2D eigenvalue weighted by molar-refractivity contribution is 5.92. The van der Waals surface area contributed by atoms with Crippen molar-refractivity contribution in [3.63, 3.8) is 0 Å². The van der Waals surface area contributed by atoms with Crippen molar-refractivity contribution >= 4 is 33.9 Å². The molecule has 5 heteroatoms. The van der Waals surface area contributed by atoms with Crippen LogP contribution in [0.5, 0.6) is 0 Å². The van der Waals surface area contributed by atoms with Crippen LogP contribution in [0.15, 0.2) is 65.9 Å². The number of hydrogen-bond donors (Lipinski definition) is 3. The van der Waals surface area contributed by atoms with Crippen LogP contribution in [-0.4, -0.2) is 34.2 Å². The van der Waals surface area contributed by atoms with Crippen molar-refractivity contribution in [2.45, 2.75) is 24.9 Å². The van der Waals surface area contributed by atoms with Gasteiger partial charge in [-0.3, -0.25) is 9.79 Å². The molecular weight excluding hydrogens is 336 g/mol. The van der Waals surface area contributed by atoms with Crippen molar-refractivity contribution in [2.75, 3.05) is 0 Å². The molecule has 134 valence electrons. The maximum absolute atomic E-state index is 12.6. The van der Waals surface area contributed by atoms with Crippen LogP contribution >= 0.6 is 0 Å². The van der Waals surface area contributed by atoms with Crippen LogP contribution in [0.1, 0.15) is 11.1 Å². The average molecular weight is 356 g/mol. The van der Waals surface area contributed by atoms with E-state index in [1.54, 1.807) is 0 Å². The summed E-state index contributed by atoms with van der Waals surface area (Å²) in [4.78, 5) is 23.7. The number of carbonyl (C=O) groups is 1. The summed E-state index contributed by atoms with van der Waals surface area (Å²) in [7, 11) is 0. The second-order valence-electron chi connectivity index (χ2n) is 7.06. The number of fused-ring (bicyclic) bond motifs is 2. The van der Waals surface area contributed by atoms with Gasteiger partial charge in [0.2, 0.25) is 5.91 Å². The van der Waals surface area contributed by atoms with Crippen molar-refractivity contribution in [1.29, 1.82) is 0 Å². The molecule has 2 atom stereocenters. The van der Waals surface area contributed by atoms with Gasteiger partial charge in [0, 0.05) is 46.8 Å². The second-order valence-corrected chi connectivity index (χ2v) is 7.06. The van der Waals surface area contributed by atoms with Crippen LogP contribution in [0.2, 0.25) is 0 Å². The highest BCUT2D eigenvalue weighted by Gasteiger charge is 2.26. The molecule has 2 aromatic carbocycles. The molecule has 0 spiro atoms. The number of hydrogen-bond acceptors (Lipinski definition) is 2. The van der Waals surface area contributed by atoms with Crippen molar-refractivity contribution in [1.82, 2.24) is 15.3 Å². The van der Waals surface area contributed by atoms with Gasteiger partial charge in [-0.25, -0.2) is 0 Å². The highest BCUT2D eigenvalue weighted by atomic mass is 16.2. The third-order valence-electron chi connectivity index (χ3n) is 5.28. The summed E-state index contributed by atoms with van der Waals surface area (Å²) >= 11 is 0. The number of para-hydroxylation sites is 2. The molecule has 0 bridgehead atoms. The number of aromatic nitrogens is 2. The third kappa shape index (κ3) is 2.91. The Balaban J connectivity index is 1.33. The van der Waals surface area contributed by atoms with E-state index in [0.717, 1.165) is 28.4 Å². The summed E-state index contributed by atoms with van der Waals surface area (Å²) in [5.41, 5.74) is 4.52. The molecule has 0 saturated heterocycles. The van der Waals surface area contributed by atoms with E-state index < -0.39 is 0 Å². The number of H-pyrrole nitrogens is 2. The van der Waals surface area contributed by atoms with Crippen LogP contribution in [0.25, 0.3) is 21.8 Å². The van der Waals surface area contributed by atoms with Crippen molar-refractivity contribution in [3.8, 4) is 0 Å². The summed E-state index contributed by atoms with van der Waals surface area (Å²) in [6, 6.07) is 15.9. The summed E-state index contributed by atoms with van der Waals surface area (Å²) in [5.74, 6) is -0.00683. The first-order valence-corrected chi connectivity index (χ1v) is 9.21. The Kier molecular flexibility index (Phi) is 3.78. The van der Waals surface area contributed by atoms with E-state index in [0.29, 0.717) is 6.42 Å². The van der Waals surface area contributed by atoms with E-state index in [9.17, 15) is 4.79 Å². The van der Waals surface area contributed by atoms with Gasteiger partial charge in [0.05, 0.1) is 6.04 Å². The number of amides is 1. The van der Waals surface area contributed by atoms with E-state index in [4.69, 9.17) is 0 Å². The maximum Gasteiger partial charge on any atom is 0.245 e. The van der Waals surface area contributed by atoms with Gasteiger partial charge >= 0.3 is 0 Å². The molecule has 27 heavy (non-hydrogen) atoms. The van der Waals surface area contributed by atoms with Crippen molar-refractivity contribution < 1.29 is 4.79 Å². The fraction of sp³-hybridized carbons (Fsp3) is 0.182. The maximum atomic E-state index is 12.6. The molecule has 4 aromatic rings. The number of carbonyl (C=O) groups excluding carboxylic acids is 1. The molecule has 3 N–H and O–H groups in total. The quantitative estimate of drug-likeness (QED) is 0.515. The molecule has 0 fully saturated rings. The molecule has 1 amide bonds. The largest absolute Gasteiger partial charge is 0.361 e. The molecule has 2 unspecified atom stereocenters. The first-order chi connectivity index (χ1) is 13.3. The second kappa shape index (κ2) is 6.43. The SMILES string of the molecule is O=C1NC(Cc2c[nH]c3ccccc23)C=NC1Cc1c[nH]c2ccccc12. The van der Waals surface area contributed by atoms with Gasteiger partial charge in [0.1, 0.15) is 6.04 Å². The Morgan fingerprint density at radius 3 is 2.04 bits per heavy atom. The lowest BCUT2D eigenvalue weighted by atomic mass is 10.0. The van der Waals surface area contributed by atoms with E-state index >= 15 is 0 Å². The van der Waals surface area contributed by atoms with Gasteiger partial charge in [0.25, 0.3) is 0 Å². The number of aromatic amines is 2. The first kappa shape index (κ1) is 15.9. The third-order valence-corrected chi connectivity index (χ3v) is 5.28. The predicted octanol–water partition coefficient (Wildman–Crippen LogP) is 3.37. The van der Waals surface area contributed by atoms with Crippen LogP contribution in [0.3, 0.4) is 0 Å². The number of nitrogens with one attached hydrogen (secondary N) is 3. The fourth-order valence-electron chi connectivity index (χ4n) is 3.89. The van der Waals surface area contributed by atoms with E-state index in [1.807, 2.05) is 48.9 Å². The summed E-state index contributed by atoms with van der Waals surface area (Å²) < 4.78 is 0. The van der Waals surface area contributed by atoms with Crippen LogP contribution < -0.4 is 5.32 Å². The highest BCUT2D eigenvalue weighted by Crippen LogP contribution is 2.22. The molecule has 5 nitrogen and oxygen atoms in total. The smallest absolute Gasteiger partial charge is 0.245 e. The number of nitrogens with zero attached hydrogens (tertiary/aromatic N) is 1. The zero-order valence-electron chi connectivity index (χ0n) is 14.8. The normalized spacial score (nSPS) is 19.6. The van der Waals surface area contributed by atoms with Crippen LogP contribution in [0.4, 0.5) is 0 Å². The Labute approximate surface area is 156 Å². The molecule has 5 rings (SSSR count). The first-order valence-electron chi connectivity index (χ1n) is 9.21. The minimum absolute atomic E-state index is 0.00683. The monoisotopic (exact) mass is 356 g/mol. The summed E-state index contributed by atoms with van der Waals surface area (Å²) in [6.07, 6.45) is 7.22. The van der Waals surface area contributed by atoms with E-state index in [-0.39, 0.29) is 18.0 Å². The van der Waals surface area contributed by atoms with Crippen LogP contribution in [-0.2, 0) is 17.6 Å². The molecule has 3 heterocycles. The summed E-state index contributed by atoms with van der Waals surface area (Å²) in [6.45, 7) is 0. The molecule has 0 radical (unpaired) electrons. The Morgan fingerprint density at radius 1 is 0.815 bits per heavy atom. The zero-order valence-corrected chi connectivity index (χ0v) is 14.8. The molecule has 1 aliphatic heterocycles. The van der Waals surface area contributed by atoms with Gasteiger partial charge in [0.15, 0.2) is 0 Å². The minimum atomic E-state index is -0.372. The van der Waals surface area contributed by atoms with E-state index in [2.05, 4.69) is 38.5 Å². The molecular formula is C22H20N4O. The van der Waals surface area contributed by atoms with Gasteiger partial charge in [-0.1, -0.05) is 36.4 Å². The zero-order chi connectivity index (χ0) is 18.2. The molecule has 1 aliphatic rings.